The fraction of sp³-hybridized carbons (Fsp3) is 0.588. The van der Waals surface area contributed by atoms with Crippen molar-refractivity contribution >= 4 is 28.3 Å². The molecule has 3 N–H and O–H groups in total. The van der Waals surface area contributed by atoms with Crippen LogP contribution in [0.2, 0.25) is 0 Å². The number of benzene rings is 1. The Balaban J connectivity index is 0.00000225. The Labute approximate surface area is 155 Å². The molecule has 140 valence electrons. The summed E-state index contributed by atoms with van der Waals surface area (Å²) in [5, 5.41) is 6.32. The van der Waals surface area contributed by atoms with Crippen LogP contribution in [0.1, 0.15) is 42.1 Å². The SMILES string of the molecule is Cc1ccc(S(=O)(=O)NC2CC2)cc1C(=O)NC1CNCCC1C.Cl. The van der Waals surface area contributed by atoms with E-state index >= 15 is 0 Å². The molecule has 1 amide bonds. The van der Waals surface area contributed by atoms with E-state index in [0.717, 1.165) is 37.9 Å². The second-order valence-corrected chi connectivity index (χ2v) is 8.64. The Morgan fingerprint density at radius 1 is 1.24 bits per heavy atom. The fourth-order valence-corrected chi connectivity index (χ4v) is 4.26. The summed E-state index contributed by atoms with van der Waals surface area (Å²) in [6, 6.07) is 4.84. The second kappa shape index (κ2) is 8.03. The smallest absolute Gasteiger partial charge is 0.251 e. The molecule has 1 aliphatic carbocycles. The summed E-state index contributed by atoms with van der Waals surface area (Å²) in [7, 11) is -3.56. The normalized spacial score (nSPS) is 23.6. The molecule has 0 spiro atoms. The van der Waals surface area contributed by atoms with E-state index in [4.69, 9.17) is 0 Å². The zero-order valence-electron chi connectivity index (χ0n) is 14.5. The number of sulfonamides is 1. The number of hydrogen-bond acceptors (Lipinski definition) is 4. The first kappa shape index (κ1) is 20.2. The van der Waals surface area contributed by atoms with Crippen molar-refractivity contribution in [3.8, 4) is 0 Å². The molecule has 3 rings (SSSR count). The fourth-order valence-electron chi connectivity index (χ4n) is 2.93. The Hall–Kier alpha value is -1.15. The quantitative estimate of drug-likeness (QED) is 0.715. The minimum Gasteiger partial charge on any atom is -0.348 e. The molecule has 2 fully saturated rings. The van der Waals surface area contributed by atoms with Gasteiger partial charge in [0, 0.05) is 24.2 Å². The van der Waals surface area contributed by atoms with Gasteiger partial charge in [-0.2, -0.15) is 0 Å². The molecule has 2 atom stereocenters. The molecule has 1 heterocycles. The van der Waals surface area contributed by atoms with Crippen LogP contribution in [0.3, 0.4) is 0 Å². The average molecular weight is 388 g/mol. The number of piperidine rings is 1. The van der Waals surface area contributed by atoms with Crippen molar-refractivity contribution in [2.24, 2.45) is 5.92 Å². The van der Waals surface area contributed by atoms with Gasteiger partial charge >= 0.3 is 0 Å². The Morgan fingerprint density at radius 3 is 2.60 bits per heavy atom. The highest BCUT2D eigenvalue weighted by Gasteiger charge is 2.29. The van der Waals surface area contributed by atoms with Crippen molar-refractivity contribution in [1.82, 2.24) is 15.4 Å². The summed E-state index contributed by atoms with van der Waals surface area (Å²) in [5.41, 5.74) is 1.20. The van der Waals surface area contributed by atoms with Gasteiger partial charge in [0.1, 0.15) is 0 Å². The van der Waals surface area contributed by atoms with Gasteiger partial charge in [-0.3, -0.25) is 4.79 Å². The predicted octanol–water partition coefficient (Wildman–Crippen LogP) is 1.59. The van der Waals surface area contributed by atoms with E-state index in [2.05, 4.69) is 22.3 Å². The van der Waals surface area contributed by atoms with Crippen LogP contribution >= 0.6 is 12.4 Å². The summed E-state index contributed by atoms with van der Waals surface area (Å²) in [6.07, 6.45) is 2.78. The highest BCUT2D eigenvalue weighted by Crippen LogP contribution is 2.23. The first-order chi connectivity index (χ1) is 11.4. The summed E-state index contributed by atoms with van der Waals surface area (Å²) in [6.45, 7) is 5.65. The van der Waals surface area contributed by atoms with Crippen molar-refractivity contribution in [2.75, 3.05) is 13.1 Å². The molecule has 1 saturated carbocycles. The molecule has 2 aliphatic rings. The highest BCUT2D eigenvalue weighted by atomic mass is 35.5. The first-order valence-electron chi connectivity index (χ1n) is 8.51. The number of nitrogens with one attached hydrogen (secondary N) is 3. The van der Waals surface area contributed by atoms with E-state index in [1.54, 1.807) is 12.1 Å². The number of carbonyl (C=O) groups excluding carboxylic acids is 1. The molecule has 6 nitrogen and oxygen atoms in total. The van der Waals surface area contributed by atoms with Crippen LogP contribution in [0.15, 0.2) is 23.1 Å². The van der Waals surface area contributed by atoms with E-state index in [0.29, 0.717) is 11.5 Å². The first-order valence-corrected chi connectivity index (χ1v) is 10.00. The van der Waals surface area contributed by atoms with Crippen molar-refractivity contribution in [1.29, 1.82) is 0 Å². The lowest BCUT2D eigenvalue weighted by Gasteiger charge is -2.30. The Bertz CT molecular complexity index is 735. The molecular formula is C17H26ClN3O3S. The molecule has 0 radical (unpaired) electrons. The summed E-state index contributed by atoms with van der Waals surface area (Å²) >= 11 is 0. The molecule has 8 heteroatoms. The third kappa shape index (κ3) is 4.94. The van der Waals surface area contributed by atoms with Gasteiger partial charge in [0.2, 0.25) is 10.0 Å². The number of carbonyl (C=O) groups is 1. The van der Waals surface area contributed by atoms with Crippen LogP contribution in [0.4, 0.5) is 0 Å². The minimum absolute atomic E-state index is 0. The second-order valence-electron chi connectivity index (χ2n) is 6.92. The maximum absolute atomic E-state index is 12.6. The third-order valence-corrected chi connectivity index (χ3v) is 6.33. The molecule has 1 aromatic rings. The van der Waals surface area contributed by atoms with Gasteiger partial charge in [-0.25, -0.2) is 13.1 Å². The molecule has 25 heavy (non-hydrogen) atoms. The van der Waals surface area contributed by atoms with Gasteiger partial charge in [0.05, 0.1) is 4.90 Å². The van der Waals surface area contributed by atoms with Crippen molar-refractivity contribution in [3.63, 3.8) is 0 Å². The van der Waals surface area contributed by atoms with Crippen LogP contribution in [-0.4, -0.2) is 39.5 Å². The lowest BCUT2D eigenvalue weighted by Crippen LogP contribution is -2.50. The number of halogens is 1. The average Bonchev–Trinajstić information content (AvgIpc) is 3.33. The van der Waals surface area contributed by atoms with Gasteiger partial charge in [0.25, 0.3) is 5.91 Å². The largest absolute Gasteiger partial charge is 0.348 e. The van der Waals surface area contributed by atoms with Gasteiger partial charge in [-0.15, -0.1) is 12.4 Å². The van der Waals surface area contributed by atoms with Crippen molar-refractivity contribution < 1.29 is 13.2 Å². The maximum Gasteiger partial charge on any atom is 0.251 e. The van der Waals surface area contributed by atoms with Crippen LogP contribution < -0.4 is 15.4 Å². The lowest BCUT2D eigenvalue weighted by molar-refractivity contribution is 0.0914. The lowest BCUT2D eigenvalue weighted by atomic mass is 9.94. The monoisotopic (exact) mass is 387 g/mol. The summed E-state index contributed by atoms with van der Waals surface area (Å²) in [5.74, 6) is 0.190. The third-order valence-electron chi connectivity index (χ3n) is 4.81. The van der Waals surface area contributed by atoms with Crippen LogP contribution in [0, 0.1) is 12.8 Å². The van der Waals surface area contributed by atoms with E-state index in [1.807, 2.05) is 6.92 Å². The zero-order valence-corrected chi connectivity index (χ0v) is 16.2. The highest BCUT2D eigenvalue weighted by molar-refractivity contribution is 7.89. The van der Waals surface area contributed by atoms with Gasteiger partial charge in [0.15, 0.2) is 0 Å². The van der Waals surface area contributed by atoms with E-state index < -0.39 is 10.0 Å². The standard InChI is InChI=1S/C17H25N3O3S.ClH/c1-11-3-6-14(24(22,23)20-13-4-5-13)9-15(11)17(21)19-16-10-18-8-7-12(16)2;/h3,6,9,12-13,16,18,20H,4-5,7-8,10H2,1-2H3,(H,19,21);1H. The van der Waals surface area contributed by atoms with Gasteiger partial charge < -0.3 is 10.6 Å². The molecule has 1 aliphatic heterocycles. The van der Waals surface area contributed by atoms with Crippen molar-refractivity contribution in [2.45, 2.75) is 50.1 Å². The molecule has 0 aromatic heterocycles. The van der Waals surface area contributed by atoms with Crippen LogP contribution in [0.5, 0.6) is 0 Å². The number of rotatable bonds is 5. The van der Waals surface area contributed by atoms with E-state index in [-0.39, 0.29) is 35.3 Å². The molecule has 2 unspecified atom stereocenters. The zero-order chi connectivity index (χ0) is 17.3. The number of amides is 1. The Kier molecular flexibility index (Phi) is 6.48. The molecule has 0 bridgehead atoms. The topological polar surface area (TPSA) is 87.3 Å². The minimum atomic E-state index is -3.56. The number of aryl methyl sites for hydroxylation is 1. The van der Waals surface area contributed by atoms with E-state index in [1.165, 1.54) is 6.07 Å². The van der Waals surface area contributed by atoms with Crippen molar-refractivity contribution in [3.05, 3.63) is 29.3 Å². The summed E-state index contributed by atoms with van der Waals surface area (Å²) < 4.78 is 27.4. The van der Waals surface area contributed by atoms with Gasteiger partial charge in [-0.05, 0) is 56.3 Å². The number of hydrogen-bond donors (Lipinski definition) is 3. The van der Waals surface area contributed by atoms with Crippen LogP contribution in [-0.2, 0) is 10.0 Å². The molecular weight excluding hydrogens is 362 g/mol. The Morgan fingerprint density at radius 2 is 1.96 bits per heavy atom. The summed E-state index contributed by atoms with van der Waals surface area (Å²) in [4.78, 5) is 12.8. The van der Waals surface area contributed by atoms with Gasteiger partial charge in [-0.1, -0.05) is 13.0 Å². The maximum atomic E-state index is 12.6. The molecule has 1 aromatic carbocycles. The predicted molar refractivity (Wildman–Crippen MR) is 99.7 cm³/mol. The van der Waals surface area contributed by atoms with E-state index in [9.17, 15) is 13.2 Å². The van der Waals surface area contributed by atoms with Crippen LogP contribution in [0.25, 0.3) is 0 Å². The molecule has 1 saturated heterocycles.